The summed E-state index contributed by atoms with van der Waals surface area (Å²) >= 11 is 0. The van der Waals surface area contributed by atoms with E-state index in [0.717, 1.165) is 6.42 Å². The van der Waals surface area contributed by atoms with Crippen molar-refractivity contribution >= 4 is 11.9 Å². The van der Waals surface area contributed by atoms with Crippen molar-refractivity contribution < 1.29 is 19.4 Å². The van der Waals surface area contributed by atoms with Gasteiger partial charge in [0.05, 0.1) is 6.61 Å². The van der Waals surface area contributed by atoms with Crippen molar-refractivity contribution in [2.75, 3.05) is 26.8 Å². The molecule has 120 valence electrons. The summed E-state index contributed by atoms with van der Waals surface area (Å²) in [5.74, 6) is -1.00. The second-order valence-electron chi connectivity index (χ2n) is 5.90. The largest absolute Gasteiger partial charge is 0.481 e. The van der Waals surface area contributed by atoms with Gasteiger partial charge < -0.3 is 14.7 Å². The van der Waals surface area contributed by atoms with Gasteiger partial charge in [-0.15, -0.1) is 0 Å². The third-order valence-electron chi connectivity index (χ3n) is 4.35. The zero-order valence-corrected chi connectivity index (χ0v) is 13.2. The minimum absolute atomic E-state index is 0.107. The molecule has 0 spiro atoms. The fraction of sp³-hybridized carbons (Fsp3) is 0.529. The zero-order chi connectivity index (χ0) is 16.2. The molecular weight excluding hydrogens is 282 g/mol. The first kappa shape index (κ1) is 16.5. The van der Waals surface area contributed by atoms with Gasteiger partial charge in [-0.25, -0.2) is 0 Å². The summed E-state index contributed by atoms with van der Waals surface area (Å²) < 4.78 is 5.09. The van der Waals surface area contributed by atoms with E-state index in [1.807, 2.05) is 24.3 Å². The van der Waals surface area contributed by atoms with Gasteiger partial charge >= 0.3 is 5.97 Å². The topological polar surface area (TPSA) is 66.8 Å². The normalized spacial score (nSPS) is 21.6. The molecule has 1 heterocycles. The maximum absolute atomic E-state index is 12.6. The molecular formula is C17H23NO4. The monoisotopic (exact) mass is 305 g/mol. The third kappa shape index (κ3) is 3.30. The van der Waals surface area contributed by atoms with E-state index in [9.17, 15) is 14.7 Å². The van der Waals surface area contributed by atoms with Crippen LogP contribution in [-0.2, 0) is 16.0 Å². The Morgan fingerprint density at radius 2 is 2.00 bits per heavy atom. The van der Waals surface area contributed by atoms with Crippen molar-refractivity contribution in [3.05, 3.63) is 35.4 Å². The van der Waals surface area contributed by atoms with E-state index < -0.39 is 11.4 Å². The van der Waals surface area contributed by atoms with Gasteiger partial charge in [-0.3, -0.25) is 9.59 Å². The summed E-state index contributed by atoms with van der Waals surface area (Å²) in [5.41, 5.74) is 0.789. The van der Waals surface area contributed by atoms with Crippen LogP contribution in [-0.4, -0.2) is 48.7 Å². The zero-order valence-electron chi connectivity index (χ0n) is 13.2. The molecule has 0 aromatic heterocycles. The number of amides is 1. The molecule has 0 aliphatic carbocycles. The van der Waals surface area contributed by atoms with Crippen molar-refractivity contribution in [2.24, 2.45) is 5.41 Å². The number of rotatable bonds is 5. The Balaban J connectivity index is 2.16. The van der Waals surface area contributed by atoms with Crippen LogP contribution in [0.2, 0.25) is 0 Å². The molecule has 5 nitrogen and oxygen atoms in total. The number of methoxy groups -OCH3 is 1. The smallest absolute Gasteiger partial charge is 0.313 e. The van der Waals surface area contributed by atoms with Crippen LogP contribution in [0, 0.1) is 5.41 Å². The molecule has 1 unspecified atom stereocenters. The number of carboxylic acid groups (broad SMARTS) is 1. The van der Waals surface area contributed by atoms with Gasteiger partial charge in [0.15, 0.2) is 0 Å². The molecule has 5 heteroatoms. The van der Waals surface area contributed by atoms with E-state index in [2.05, 4.69) is 6.92 Å². The summed E-state index contributed by atoms with van der Waals surface area (Å²) in [6, 6.07) is 7.51. The van der Waals surface area contributed by atoms with Gasteiger partial charge in [0.1, 0.15) is 5.41 Å². The first-order valence-electron chi connectivity index (χ1n) is 7.63. The van der Waals surface area contributed by atoms with Gasteiger partial charge in [-0.05, 0) is 37.0 Å². The lowest BCUT2D eigenvalue weighted by atomic mass is 9.80. The second kappa shape index (κ2) is 6.92. The quantitative estimate of drug-likeness (QED) is 0.905. The molecule has 1 N–H and O–H groups in total. The lowest BCUT2D eigenvalue weighted by Gasteiger charge is -2.39. The lowest BCUT2D eigenvalue weighted by Crippen LogP contribution is -2.52. The fourth-order valence-corrected chi connectivity index (χ4v) is 3.00. The molecule has 0 saturated carbocycles. The molecule has 0 bridgehead atoms. The number of piperidine rings is 1. The Kier molecular flexibility index (Phi) is 5.19. The van der Waals surface area contributed by atoms with E-state index in [-0.39, 0.29) is 19.1 Å². The molecule has 1 saturated heterocycles. The predicted octanol–water partition coefficient (Wildman–Crippen LogP) is 2.20. The van der Waals surface area contributed by atoms with Crippen molar-refractivity contribution in [1.29, 1.82) is 0 Å². The van der Waals surface area contributed by atoms with Crippen LogP contribution >= 0.6 is 0 Å². The van der Waals surface area contributed by atoms with E-state index >= 15 is 0 Å². The maximum Gasteiger partial charge on any atom is 0.313 e. The average Bonchev–Trinajstić information content (AvgIpc) is 2.54. The first-order valence-corrected chi connectivity index (χ1v) is 7.63. The number of carboxylic acids is 1. The molecule has 2 rings (SSSR count). The number of nitrogens with zero attached hydrogens (tertiary/aromatic N) is 1. The van der Waals surface area contributed by atoms with Crippen molar-refractivity contribution in [1.82, 2.24) is 4.90 Å². The highest BCUT2D eigenvalue weighted by atomic mass is 16.5. The Hall–Kier alpha value is -1.88. The molecule has 1 aliphatic rings. The van der Waals surface area contributed by atoms with Crippen LogP contribution in [0.15, 0.2) is 24.3 Å². The summed E-state index contributed by atoms with van der Waals surface area (Å²) in [5, 5.41) is 9.54. The van der Waals surface area contributed by atoms with Gasteiger partial charge in [0, 0.05) is 25.8 Å². The Bertz CT molecular complexity index is 536. The highest BCUT2D eigenvalue weighted by Crippen LogP contribution is 2.31. The number of hydrogen-bond acceptors (Lipinski definition) is 3. The van der Waals surface area contributed by atoms with Crippen molar-refractivity contribution in [3.63, 3.8) is 0 Å². The van der Waals surface area contributed by atoms with E-state index in [1.54, 1.807) is 4.90 Å². The van der Waals surface area contributed by atoms with Crippen LogP contribution in [0.4, 0.5) is 0 Å². The second-order valence-corrected chi connectivity index (χ2v) is 5.90. The molecule has 1 atom stereocenters. The van der Waals surface area contributed by atoms with Gasteiger partial charge in [-0.2, -0.15) is 0 Å². The van der Waals surface area contributed by atoms with Crippen LogP contribution in [0.3, 0.4) is 0 Å². The van der Waals surface area contributed by atoms with Crippen LogP contribution < -0.4 is 0 Å². The summed E-state index contributed by atoms with van der Waals surface area (Å²) in [6.45, 7) is 2.98. The number of carbonyl (C=O) groups excluding carboxylic acids is 1. The minimum Gasteiger partial charge on any atom is -0.481 e. The fourth-order valence-electron chi connectivity index (χ4n) is 3.00. The molecule has 1 aromatic carbocycles. The molecule has 22 heavy (non-hydrogen) atoms. The van der Waals surface area contributed by atoms with Crippen LogP contribution in [0.1, 0.15) is 35.7 Å². The summed E-state index contributed by atoms with van der Waals surface area (Å²) in [4.78, 5) is 25.9. The van der Waals surface area contributed by atoms with Gasteiger partial charge in [0.2, 0.25) is 0 Å². The van der Waals surface area contributed by atoms with E-state index in [4.69, 9.17) is 4.74 Å². The Morgan fingerprint density at radius 3 is 2.55 bits per heavy atom. The average molecular weight is 305 g/mol. The number of aliphatic carboxylic acids is 1. The number of carbonyl (C=O) groups is 2. The Morgan fingerprint density at radius 1 is 1.32 bits per heavy atom. The lowest BCUT2D eigenvalue weighted by molar-refractivity contribution is -0.155. The van der Waals surface area contributed by atoms with Gasteiger partial charge in [-0.1, -0.05) is 19.1 Å². The van der Waals surface area contributed by atoms with Crippen LogP contribution in [0.25, 0.3) is 0 Å². The Labute approximate surface area is 130 Å². The number of benzene rings is 1. The SMILES string of the molecule is CCc1ccc(C(=O)N2CCCC(COC)(C(=O)O)C2)cc1. The first-order chi connectivity index (χ1) is 10.5. The van der Waals surface area contributed by atoms with Crippen molar-refractivity contribution in [2.45, 2.75) is 26.2 Å². The summed E-state index contributed by atoms with van der Waals surface area (Å²) in [7, 11) is 1.49. The van der Waals surface area contributed by atoms with Crippen molar-refractivity contribution in [3.8, 4) is 0 Å². The standard InChI is InChI=1S/C17H23NO4/c1-3-13-5-7-14(8-6-13)15(19)18-10-4-9-17(11-18,12-22-2)16(20)21/h5-8H,3-4,9-12H2,1-2H3,(H,20,21). The predicted molar refractivity (Wildman–Crippen MR) is 82.9 cm³/mol. The molecule has 1 aromatic rings. The summed E-state index contributed by atoms with van der Waals surface area (Å²) in [6.07, 6.45) is 2.14. The maximum atomic E-state index is 12.6. The number of likely N-dealkylation sites (tertiary alicyclic amines) is 1. The highest BCUT2D eigenvalue weighted by molar-refractivity contribution is 5.94. The number of ether oxygens (including phenoxy) is 1. The third-order valence-corrected chi connectivity index (χ3v) is 4.35. The van der Waals surface area contributed by atoms with Crippen LogP contribution in [0.5, 0.6) is 0 Å². The number of hydrogen-bond donors (Lipinski definition) is 1. The molecule has 1 amide bonds. The van der Waals surface area contributed by atoms with E-state index in [0.29, 0.717) is 24.9 Å². The molecule has 1 fully saturated rings. The highest BCUT2D eigenvalue weighted by Gasteiger charge is 2.43. The molecule has 1 aliphatic heterocycles. The van der Waals surface area contributed by atoms with E-state index in [1.165, 1.54) is 12.7 Å². The number of aryl methyl sites for hydroxylation is 1. The minimum atomic E-state index is -0.994. The molecule has 0 radical (unpaired) electrons. The van der Waals surface area contributed by atoms with Gasteiger partial charge in [0.25, 0.3) is 5.91 Å².